The van der Waals surface area contributed by atoms with E-state index in [1.807, 2.05) is 13.2 Å². The zero-order valence-corrected chi connectivity index (χ0v) is 6.56. The van der Waals surface area contributed by atoms with E-state index in [2.05, 4.69) is 10.3 Å². The van der Waals surface area contributed by atoms with Crippen LogP contribution in [0.5, 0.6) is 0 Å². The minimum Gasteiger partial charge on any atom is -0.368 e. The van der Waals surface area contributed by atoms with Crippen LogP contribution in [0.15, 0.2) is 23.0 Å². The molecule has 0 aliphatic carbocycles. The first kappa shape index (κ1) is 6.90. The van der Waals surface area contributed by atoms with Gasteiger partial charge in [-0.05, 0) is 0 Å². The molecule has 2 rings (SSSR count). The number of aromatic nitrogens is 3. The third kappa shape index (κ3) is 1.05. The van der Waals surface area contributed by atoms with E-state index < -0.39 is 0 Å². The van der Waals surface area contributed by atoms with Crippen molar-refractivity contribution < 1.29 is 4.52 Å². The van der Waals surface area contributed by atoms with E-state index in [0.717, 1.165) is 5.56 Å². The summed E-state index contributed by atoms with van der Waals surface area (Å²) in [7, 11) is 1.84. The Morgan fingerprint density at radius 1 is 1.58 bits per heavy atom. The second-order valence-electron chi connectivity index (χ2n) is 2.52. The summed E-state index contributed by atoms with van der Waals surface area (Å²) in [6.07, 6.45) is 3.55. The van der Waals surface area contributed by atoms with Crippen molar-refractivity contribution in [3.63, 3.8) is 0 Å². The molecule has 5 nitrogen and oxygen atoms in total. The van der Waals surface area contributed by atoms with Crippen LogP contribution in [0.2, 0.25) is 0 Å². The highest BCUT2D eigenvalue weighted by Crippen LogP contribution is 2.18. The van der Waals surface area contributed by atoms with E-state index in [0.29, 0.717) is 11.6 Å². The molecule has 0 atom stereocenters. The van der Waals surface area contributed by atoms with Crippen LogP contribution >= 0.6 is 0 Å². The van der Waals surface area contributed by atoms with Crippen molar-refractivity contribution in [1.82, 2.24) is 14.9 Å². The maximum absolute atomic E-state index is 5.37. The van der Waals surface area contributed by atoms with Gasteiger partial charge in [-0.15, -0.1) is 0 Å². The monoisotopic (exact) mass is 164 g/mol. The molecule has 2 aromatic heterocycles. The second kappa shape index (κ2) is 2.37. The fraction of sp³-hybridized carbons (Fsp3) is 0.143. The summed E-state index contributed by atoms with van der Waals surface area (Å²) in [6, 6.07) is 1.66. The average molecular weight is 164 g/mol. The third-order valence-electron chi connectivity index (χ3n) is 1.53. The molecule has 0 amide bonds. The standard InChI is InChI=1S/C7H8N4O/c1-11-4-5(3-9-11)6-2-7(8)12-10-6/h2-4H,8H2,1H3. The van der Waals surface area contributed by atoms with Crippen molar-refractivity contribution in [2.45, 2.75) is 0 Å². The van der Waals surface area contributed by atoms with Gasteiger partial charge in [-0.25, -0.2) is 0 Å². The summed E-state index contributed by atoms with van der Waals surface area (Å²) < 4.78 is 6.41. The fourth-order valence-electron chi connectivity index (χ4n) is 0.979. The molecule has 0 bridgehead atoms. The molecule has 0 saturated carbocycles. The van der Waals surface area contributed by atoms with Crippen LogP contribution in [0, 0.1) is 0 Å². The van der Waals surface area contributed by atoms with E-state index in [1.54, 1.807) is 16.9 Å². The Labute approximate surface area is 68.8 Å². The molecule has 0 unspecified atom stereocenters. The average Bonchev–Trinajstić information content (AvgIpc) is 2.58. The van der Waals surface area contributed by atoms with Crippen LogP contribution in [0.3, 0.4) is 0 Å². The molecule has 2 aromatic rings. The van der Waals surface area contributed by atoms with Crippen molar-refractivity contribution in [3.8, 4) is 11.3 Å². The summed E-state index contributed by atoms with van der Waals surface area (Å²) in [5.41, 5.74) is 6.98. The fourth-order valence-corrected chi connectivity index (χ4v) is 0.979. The van der Waals surface area contributed by atoms with Gasteiger partial charge in [0.2, 0.25) is 5.88 Å². The highest BCUT2D eigenvalue weighted by atomic mass is 16.5. The van der Waals surface area contributed by atoms with Gasteiger partial charge in [0.15, 0.2) is 0 Å². The molecular formula is C7H8N4O. The SMILES string of the molecule is Cn1cc(-c2cc(N)on2)cn1. The lowest BCUT2D eigenvalue weighted by molar-refractivity contribution is 0.439. The summed E-state index contributed by atoms with van der Waals surface area (Å²) in [5, 5.41) is 7.74. The van der Waals surface area contributed by atoms with Gasteiger partial charge in [-0.3, -0.25) is 4.68 Å². The highest BCUT2D eigenvalue weighted by molar-refractivity contribution is 5.58. The Morgan fingerprint density at radius 3 is 2.92 bits per heavy atom. The topological polar surface area (TPSA) is 69.9 Å². The Kier molecular flexibility index (Phi) is 1.36. The normalized spacial score (nSPS) is 10.4. The zero-order valence-electron chi connectivity index (χ0n) is 6.56. The van der Waals surface area contributed by atoms with E-state index in [1.165, 1.54) is 0 Å². The van der Waals surface area contributed by atoms with E-state index >= 15 is 0 Å². The van der Waals surface area contributed by atoms with Crippen molar-refractivity contribution in [3.05, 3.63) is 18.5 Å². The Morgan fingerprint density at radius 2 is 2.42 bits per heavy atom. The van der Waals surface area contributed by atoms with Crippen molar-refractivity contribution >= 4 is 5.88 Å². The quantitative estimate of drug-likeness (QED) is 0.672. The highest BCUT2D eigenvalue weighted by Gasteiger charge is 2.04. The molecule has 5 heteroatoms. The van der Waals surface area contributed by atoms with Gasteiger partial charge in [-0.2, -0.15) is 5.10 Å². The number of nitrogens with two attached hydrogens (primary N) is 1. The zero-order chi connectivity index (χ0) is 8.55. The first-order valence-electron chi connectivity index (χ1n) is 3.47. The lowest BCUT2D eigenvalue weighted by Gasteiger charge is -1.83. The summed E-state index contributed by atoms with van der Waals surface area (Å²) >= 11 is 0. The predicted octanol–water partition coefficient (Wildman–Crippen LogP) is 0.657. The molecule has 0 aliphatic heterocycles. The van der Waals surface area contributed by atoms with Crippen LogP contribution in [-0.4, -0.2) is 14.9 Å². The maximum Gasteiger partial charge on any atom is 0.222 e. The number of rotatable bonds is 1. The van der Waals surface area contributed by atoms with Gasteiger partial charge < -0.3 is 10.3 Å². The first-order valence-corrected chi connectivity index (χ1v) is 3.47. The maximum atomic E-state index is 5.37. The lowest BCUT2D eigenvalue weighted by atomic mass is 10.3. The molecular weight excluding hydrogens is 156 g/mol. The van der Waals surface area contributed by atoms with Crippen molar-refractivity contribution in [1.29, 1.82) is 0 Å². The van der Waals surface area contributed by atoms with Gasteiger partial charge in [0.25, 0.3) is 0 Å². The van der Waals surface area contributed by atoms with Crippen LogP contribution in [0.1, 0.15) is 0 Å². The van der Waals surface area contributed by atoms with Crippen LogP contribution in [0.25, 0.3) is 11.3 Å². The van der Waals surface area contributed by atoms with Gasteiger partial charge >= 0.3 is 0 Å². The predicted molar refractivity (Wildman–Crippen MR) is 43.1 cm³/mol. The number of hydrogen-bond acceptors (Lipinski definition) is 4. The summed E-state index contributed by atoms with van der Waals surface area (Å²) in [5.74, 6) is 0.314. The minimum absolute atomic E-state index is 0.314. The molecule has 12 heavy (non-hydrogen) atoms. The Balaban J connectivity index is 2.43. The smallest absolute Gasteiger partial charge is 0.222 e. The van der Waals surface area contributed by atoms with Gasteiger partial charge in [-0.1, -0.05) is 5.16 Å². The molecule has 0 spiro atoms. The number of anilines is 1. The van der Waals surface area contributed by atoms with Crippen LogP contribution < -0.4 is 5.73 Å². The van der Waals surface area contributed by atoms with Gasteiger partial charge in [0, 0.05) is 24.9 Å². The molecule has 0 fully saturated rings. The van der Waals surface area contributed by atoms with Crippen LogP contribution in [0.4, 0.5) is 5.88 Å². The number of nitrogens with zero attached hydrogens (tertiary/aromatic N) is 3. The van der Waals surface area contributed by atoms with Crippen molar-refractivity contribution in [2.24, 2.45) is 7.05 Å². The summed E-state index contributed by atoms with van der Waals surface area (Å²) in [4.78, 5) is 0. The van der Waals surface area contributed by atoms with Gasteiger partial charge in [0.1, 0.15) is 5.69 Å². The lowest BCUT2D eigenvalue weighted by Crippen LogP contribution is -1.84. The summed E-state index contributed by atoms with van der Waals surface area (Å²) in [6.45, 7) is 0. The Hall–Kier alpha value is -1.78. The Bertz CT molecular complexity index is 351. The van der Waals surface area contributed by atoms with Crippen LogP contribution in [-0.2, 0) is 7.05 Å². The largest absolute Gasteiger partial charge is 0.368 e. The molecule has 0 aliphatic rings. The van der Waals surface area contributed by atoms with Crippen molar-refractivity contribution in [2.75, 3.05) is 5.73 Å². The molecule has 0 saturated heterocycles. The van der Waals surface area contributed by atoms with E-state index in [4.69, 9.17) is 10.3 Å². The molecule has 62 valence electrons. The van der Waals surface area contributed by atoms with Gasteiger partial charge in [0.05, 0.1) is 6.20 Å². The first-order chi connectivity index (χ1) is 5.75. The third-order valence-corrected chi connectivity index (χ3v) is 1.53. The minimum atomic E-state index is 0.314. The molecule has 0 aromatic carbocycles. The molecule has 2 heterocycles. The number of aryl methyl sites for hydroxylation is 1. The van der Waals surface area contributed by atoms with E-state index in [-0.39, 0.29) is 0 Å². The number of nitrogen functional groups attached to an aromatic ring is 1. The molecule has 2 N–H and O–H groups in total. The number of hydrogen-bond donors (Lipinski definition) is 1. The second-order valence-corrected chi connectivity index (χ2v) is 2.52. The van der Waals surface area contributed by atoms with E-state index in [9.17, 15) is 0 Å². The molecule has 0 radical (unpaired) electrons.